The van der Waals surface area contributed by atoms with Crippen molar-refractivity contribution in [2.75, 3.05) is 13.1 Å². The van der Waals surface area contributed by atoms with Crippen LogP contribution in [0.15, 0.2) is 0 Å². The molecule has 1 aliphatic rings. The van der Waals surface area contributed by atoms with Crippen LogP contribution in [0, 0.1) is 17.3 Å². The normalized spacial score (nSPS) is 19.3. The van der Waals surface area contributed by atoms with E-state index in [-0.39, 0.29) is 22.8 Å². The first-order valence-electron chi connectivity index (χ1n) is 10.2. The van der Waals surface area contributed by atoms with Crippen molar-refractivity contribution in [1.82, 2.24) is 10.6 Å². The molecule has 1 unspecified atom stereocenters. The molecule has 3 nitrogen and oxygen atoms in total. The average Bonchev–Trinajstić information content (AvgIpc) is 2.52. The zero-order valence-electron chi connectivity index (χ0n) is 17.1. The van der Waals surface area contributed by atoms with E-state index in [9.17, 15) is 4.79 Å². The van der Waals surface area contributed by atoms with Gasteiger partial charge in [0.25, 0.3) is 0 Å². The molecule has 24 heavy (non-hydrogen) atoms. The smallest absolute Gasteiger partial charge is 0.223 e. The predicted molar refractivity (Wildman–Crippen MR) is 104 cm³/mol. The van der Waals surface area contributed by atoms with E-state index in [4.69, 9.17) is 0 Å². The Balaban J connectivity index is 2.58. The van der Waals surface area contributed by atoms with Gasteiger partial charge in [0.1, 0.15) is 0 Å². The van der Waals surface area contributed by atoms with Crippen molar-refractivity contribution in [2.24, 2.45) is 17.3 Å². The summed E-state index contributed by atoms with van der Waals surface area (Å²) < 4.78 is 0. The first kappa shape index (κ1) is 21.5. The van der Waals surface area contributed by atoms with Gasteiger partial charge in [-0.15, -0.1) is 0 Å². The molecule has 0 aromatic carbocycles. The molecule has 1 fully saturated rings. The van der Waals surface area contributed by atoms with E-state index in [1.54, 1.807) is 0 Å². The van der Waals surface area contributed by atoms with Crippen LogP contribution < -0.4 is 10.6 Å². The third-order valence-electron chi connectivity index (χ3n) is 5.36. The summed E-state index contributed by atoms with van der Waals surface area (Å²) in [6, 6.07) is 0. The molecule has 1 aliphatic carbocycles. The fourth-order valence-electron chi connectivity index (χ4n) is 3.55. The average molecular weight is 339 g/mol. The first-order chi connectivity index (χ1) is 11.2. The fourth-order valence-corrected chi connectivity index (χ4v) is 3.55. The van der Waals surface area contributed by atoms with Crippen LogP contribution in [-0.2, 0) is 4.79 Å². The van der Waals surface area contributed by atoms with Crippen molar-refractivity contribution in [3.63, 3.8) is 0 Å². The molecule has 1 amide bonds. The summed E-state index contributed by atoms with van der Waals surface area (Å²) in [7, 11) is 0. The molecule has 0 saturated heterocycles. The summed E-state index contributed by atoms with van der Waals surface area (Å²) in [4.78, 5) is 12.6. The Bertz CT molecular complexity index is 365. The molecule has 0 bridgehead atoms. The van der Waals surface area contributed by atoms with Gasteiger partial charge in [-0.3, -0.25) is 4.79 Å². The van der Waals surface area contributed by atoms with Gasteiger partial charge in [-0.25, -0.2) is 0 Å². The van der Waals surface area contributed by atoms with Gasteiger partial charge in [-0.2, -0.15) is 0 Å². The van der Waals surface area contributed by atoms with Gasteiger partial charge in [0, 0.05) is 24.5 Å². The van der Waals surface area contributed by atoms with Crippen LogP contribution >= 0.6 is 0 Å². The van der Waals surface area contributed by atoms with E-state index >= 15 is 0 Å². The van der Waals surface area contributed by atoms with Gasteiger partial charge in [-0.05, 0) is 37.0 Å². The Hall–Kier alpha value is -0.570. The summed E-state index contributed by atoms with van der Waals surface area (Å²) in [6.07, 6.45) is 9.36. The van der Waals surface area contributed by atoms with Gasteiger partial charge in [0.2, 0.25) is 5.91 Å². The van der Waals surface area contributed by atoms with Crippen LogP contribution in [0.2, 0.25) is 0 Å². The predicted octanol–water partition coefficient (Wildman–Crippen LogP) is 4.90. The zero-order chi connectivity index (χ0) is 18.2. The number of amides is 1. The zero-order valence-corrected chi connectivity index (χ0v) is 17.1. The summed E-state index contributed by atoms with van der Waals surface area (Å²) in [6.45, 7) is 15.2. The summed E-state index contributed by atoms with van der Waals surface area (Å²) in [5.74, 6) is 1.11. The summed E-state index contributed by atoms with van der Waals surface area (Å²) in [5, 5.41) is 7.13. The lowest BCUT2D eigenvalue weighted by Crippen LogP contribution is -2.56. The molecule has 0 aromatic rings. The molecule has 3 heteroatoms. The second-order valence-corrected chi connectivity index (χ2v) is 9.55. The Labute approximate surface area is 150 Å². The van der Waals surface area contributed by atoms with Crippen LogP contribution in [0.4, 0.5) is 0 Å². The number of nitrogens with one attached hydrogen (secondary N) is 2. The van der Waals surface area contributed by atoms with Crippen LogP contribution in [0.1, 0.15) is 92.9 Å². The molecule has 1 saturated carbocycles. The standard InChI is InChI=1S/C21H42N2O/c1-7-18(12-11-17(2)3)19(24)22-16-21(13-9-8-10-14-21)23-15-20(4,5)6/h17-18,23H,7-16H2,1-6H3,(H,22,24). The van der Waals surface area contributed by atoms with Crippen molar-refractivity contribution < 1.29 is 4.79 Å². The molecule has 1 atom stereocenters. The highest BCUT2D eigenvalue weighted by atomic mass is 16.1. The first-order valence-corrected chi connectivity index (χ1v) is 10.2. The molecule has 2 N–H and O–H groups in total. The van der Waals surface area contributed by atoms with Gasteiger partial charge in [0.15, 0.2) is 0 Å². The van der Waals surface area contributed by atoms with Gasteiger partial charge >= 0.3 is 0 Å². The SMILES string of the molecule is CCC(CCC(C)C)C(=O)NCC1(NCC(C)(C)C)CCCCC1. The van der Waals surface area contributed by atoms with Crippen molar-refractivity contribution in [2.45, 2.75) is 98.4 Å². The molecule has 0 radical (unpaired) electrons. The van der Waals surface area contributed by atoms with Crippen molar-refractivity contribution >= 4 is 5.91 Å². The van der Waals surface area contributed by atoms with Gasteiger partial charge < -0.3 is 10.6 Å². The molecular weight excluding hydrogens is 296 g/mol. The van der Waals surface area contributed by atoms with E-state index in [0.717, 1.165) is 32.4 Å². The summed E-state index contributed by atoms with van der Waals surface area (Å²) >= 11 is 0. The highest BCUT2D eigenvalue weighted by Gasteiger charge is 2.33. The lowest BCUT2D eigenvalue weighted by atomic mass is 9.80. The van der Waals surface area contributed by atoms with Gasteiger partial charge in [-0.1, -0.05) is 67.2 Å². The maximum Gasteiger partial charge on any atom is 0.223 e. The monoisotopic (exact) mass is 338 g/mol. The molecule has 1 rings (SSSR count). The van der Waals surface area contributed by atoms with E-state index in [1.165, 1.54) is 32.1 Å². The number of hydrogen-bond donors (Lipinski definition) is 2. The molecule has 142 valence electrons. The largest absolute Gasteiger partial charge is 0.354 e. The fraction of sp³-hybridized carbons (Fsp3) is 0.952. The van der Waals surface area contributed by atoms with E-state index in [1.807, 2.05) is 0 Å². The third kappa shape index (κ3) is 8.00. The second kappa shape index (κ2) is 9.79. The topological polar surface area (TPSA) is 41.1 Å². The minimum absolute atomic E-state index is 0.109. The number of carbonyl (C=O) groups is 1. The maximum absolute atomic E-state index is 12.6. The minimum atomic E-state index is 0.109. The number of carbonyl (C=O) groups excluding carboxylic acids is 1. The molecular formula is C21H42N2O. The molecule has 0 aromatic heterocycles. The Kier molecular flexibility index (Phi) is 8.76. The van der Waals surface area contributed by atoms with E-state index < -0.39 is 0 Å². The lowest BCUT2D eigenvalue weighted by Gasteiger charge is -2.40. The minimum Gasteiger partial charge on any atom is -0.354 e. The van der Waals surface area contributed by atoms with E-state index in [0.29, 0.717) is 5.92 Å². The molecule has 0 heterocycles. The number of rotatable bonds is 9. The highest BCUT2D eigenvalue weighted by molar-refractivity contribution is 5.78. The van der Waals surface area contributed by atoms with Crippen LogP contribution in [0.25, 0.3) is 0 Å². The Morgan fingerprint density at radius 1 is 1.08 bits per heavy atom. The quantitative estimate of drug-likeness (QED) is 0.627. The van der Waals surface area contributed by atoms with Crippen LogP contribution in [0.3, 0.4) is 0 Å². The van der Waals surface area contributed by atoms with Gasteiger partial charge in [0.05, 0.1) is 0 Å². The van der Waals surface area contributed by atoms with Crippen molar-refractivity contribution in [3.05, 3.63) is 0 Å². The van der Waals surface area contributed by atoms with Crippen LogP contribution in [0.5, 0.6) is 0 Å². The van der Waals surface area contributed by atoms with E-state index in [2.05, 4.69) is 52.2 Å². The Morgan fingerprint density at radius 2 is 1.71 bits per heavy atom. The van der Waals surface area contributed by atoms with Crippen LogP contribution in [-0.4, -0.2) is 24.5 Å². The number of hydrogen-bond acceptors (Lipinski definition) is 2. The van der Waals surface area contributed by atoms with Crippen molar-refractivity contribution in [3.8, 4) is 0 Å². The summed E-state index contributed by atoms with van der Waals surface area (Å²) in [5.41, 5.74) is 0.384. The molecule has 0 aliphatic heterocycles. The lowest BCUT2D eigenvalue weighted by molar-refractivity contribution is -0.125. The Morgan fingerprint density at radius 3 is 2.21 bits per heavy atom. The van der Waals surface area contributed by atoms with Crippen molar-refractivity contribution in [1.29, 1.82) is 0 Å². The molecule has 0 spiro atoms. The highest BCUT2D eigenvalue weighted by Crippen LogP contribution is 2.29. The second-order valence-electron chi connectivity index (χ2n) is 9.55. The maximum atomic E-state index is 12.6. The third-order valence-corrected chi connectivity index (χ3v) is 5.36.